The quantitative estimate of drug-likeness (QED) is 0.0549. The number of anilines is 2. The monoisotopic (exact) mass is 905 g/mol. The Morgan fingerprint density at radius 1 is 1.05 bits per heavy atom. The molecule has 15 nitrogen and oxygen atoms in total. The summed E-state index contributed by atoms with van der Waals surface area (Å²) in [6.07, 6.45) is 8.26. The van der Waals surface area contributed by atoms with Crippen LogP contribution in [0.25, 0.3) is 16.6 Å². The van der Waals surface area contributed by atoms with Gasteiger partial charge in [0.2, 0.25) is 0 Å². The van der Waals surface area contributed by atoms with Gasteiger partial charge in [0.15, 0.2) is 0 Å². The minimum absolute atomic E-state index is 0.0484. The molecule has 1 amide bonds. The van der Waals surface area contributed by atoms with Crippen molar-refractivity contribution in [1.82, 2.24) is 24.5 Å². The number of ether oxygens (including phenoxy) is 1. The van der Waals surface area contributed by atoms with Gasteiger partial charge < -0.3 is 19.9 Å². The Kier molecular flexibility index (Phi) is 13.2. The molecule has 8 rings (SSSR count). The van der Waals surface area contributed by atoms with Gasteiger partial charge in [0.05, 0.1) is 34.2 Å². The van der Waals surface area contributed by atoms with Gasteiger partial charge in [-0.2, -0.15) is 5.26 Å². The molecule has 1 atom stereocenters. The van der Waals surface area contributed by atoms with Crippen molar-refractivity contribution in [3.63, 3.8) is 0 Å². The first-order valence-electron chi connectivity index (χ1n) is 21.6. The zero-order valence-corrected chi connectivity index (χ0v) is 37.6. The number of nitriles is 1. The van der Waals surface area contributed by atoms with E-state index in [1.165, 1.54) is 41.1 Å². The highest BCUT2D eigenvalue weighted by Gasteiger charge is 2.31. The molecule has 0 spiro atoms. The second kappa shape index (κ2) is 19.0. The normalized spacial score (nSPS) is 18.4. The smallest absolute Gasteiger partial charge is 0.293 e. The second-order valence-corrected chi connectivity index (χ2v) is 19.8. The number of fused-ring (bicyclic) bond motifs is 1. The van der Waals surface area contributed by atoms with Crippen molar-refractivity contribution in [1.29, 1.82) is 5.26 Å². The molecule has 2 saturated heterocycles. The van der Waals surface area contributed by atoms with E-state index < -0.39 is 31.4 Å². The number of H-pyrrole nitrogens is 1. The number of rotatable bonds is 14. The number of hydrogen-bond donors (Lipinski definition) is 3. The van der Waals surface area contributed by atoms with Crippen molar-refractivity contribution in [3.8, 4) is 17.6 Å². The van der Waals surface area contributed by atoms with Gasteiger partial charge in [0, 0.05) is 80.2 Å². The lowest BCUT2D eigenvalue weighted by Gasteiger charge is -2.39. The largest absolute Gasteiger partial charge is 0.455 e. The molecular formula is C47H52ClN9O6S. The molecule has 64 heavy (non-hydrogen) atoms. The van der Waals surface area contributed by atoms with Crippen molar-refractivity contribution in [2.75, 3.05) is 69.1 Å². The Labute approximate surface area is 378 Å². The molecule has 3 N–H and O–H groups in total. The van der Waals surface area contributed by atoms with E-state index in [1.807, 2.05) is 23.1 Å². The molecule has 2 fully saturated rings. The third kappa shape index (κ3) is 10.5. The molecule has 0 saturated carbocycles. The summed E-state index contributed by atoms with van der Waals surface area (Å²) in [5.74, 6) is -0.347. The van der Waals surface area contributed by atoms with Crippen LogP contribution in [-0.4, -0.2) is 97.9 Å². The average Bonchev–Trinajstić information content (AvgIpc) is 3.75. The Bertz CT molecular complexity index is 2720. The molecule has 0 radical (unpaired) electrons. The van der Waals surface area contributed by atoms with Crippen LogP contribution in [0, 0.1) is 32.8 Å². The van der Waals surface area contributed by atoms with Gasteiger partial charge in [-0.25, -0.2) is 18.1 Å². The van der Waals surface area contributed by atoms with Gasteiger partial charge in [-0.3, -0.25) is 24.7 Å². The number of nitro groups is 1. The van der Waals surface area contributed by atoms with Crippen molar-refractivity contribution in [2.45, 2.75) is 50.8 Å². The fourth-order valence-corrected chi connectivity index (χ4v) is 10.1. The van der Waals surface area contributed by atoms with Gasteiger partial charge in [-0.05, 0) is 110 Å². The molecule has 334 valence electrons. The van der Waals surface area contributed by atoms with Crippen LogP contribution in [0.15, 0.2) is 95.7 Å². The van der Waals surface area contributed by atoms with Gasteiger partial charge >= 0.3 is 0 Å². The highest BCUT2D eigenvalue weighted by atomic mass is 35.5. The summed E-state index contributed by atoms with van der Waals surface area (Å²) < 4.78 is 35.9. The first-order valence-corrected chi connectivity index (χ1v) is 23.5. The summed E-state index contributed by atoms with van der Waals surface area (Å²) in [7, 11) is -4.59. The number of hydrogen-bond acceptors (Lipinski definition) is 12. The highest BCUT2D eigenvalue weighted by Crippen LogP contribution is 2.43. The maximum atomic E-state index is 14.0. The minimum atomic E-state index is -4.59. The van der Waals surface area contributed by atoms with Gasteiger partial charge in [0.1, 0.15) is 22.8 Å². The number of nitrogens with zero attached hydrogens (tertiary/aromatic N) is 6. The number of carbonyl (C=O) groups is 1. The molecule has 17 heteroatoms. The van der Waals surface area contributed by atoms with Crippen molar-refractivity contribution >= 4 is 61.2 Å². The number of pyridine rings is 1. The number of sulfonamides is 1. The lowest BCUT2D eigenvalue weighted by Crippen LogP contribution is -2.47. The van der Waals surface area contributed by atoms with E-state index in [1.54, 1.807) is 24.4 Å². The van der Waals surface area contributed by atoms with Gasteiger partial charge in [-0.15, -0.1) is 0 Å². The third-order valence-electron chi connectivity index (χ3n) is 12.5. The molecule has 0 bridgehead atoms. The van der Waals surface area contributed by atoms with Crippen LogP contribution in [0.5, 0.6) is 11.5 Å². The van der Waals surface area contributed by atoms with E-state index in [0.717, 1.165) is 93.5 Å². The number of piperidine rings is 1. The lowest BCUT2D eigenvalue weighted by atomic mass is 9.72. The van der Waals surface area contributed by atoms with Crippen LogP contribution < -0.4 is 19.7 Å². The van der Waals surface area contributed by atoms with Crippen LogP contribution in [0.4, 0.5) is 17.1 Å². The summed E-state index contributed by atoms with van der Waals surface area (Å²) in [4.78, 5) is 39.3. The number of nitrogens with one attached hydrogen (secondary N) is 3. The topological polar surface area (TPSA) is 190 Å². The predicted octanol–water partition coefficient (Wildman–Crippen LogP) is 8.47. The van der Waals surface area contributed by atoms with Gasteiger partial charge in [-0.1, -0.05) is 43.2 Å². The number of nitro benzene ring substituents is 1. The van der Waals surface area contributed by atoms with Crippen LogP contribution in [0.1, 0.15) is 61.9 Å². The summed E-state index contributed by atoms with van der Waals surface area (Å²) in [6, 6.07) is 22.5. The van der Waals surface area contributed by atoms with E-state index in [0.29, 0.717) is 31.0 Å². The molecule has 1 aliphatic carbocycles. The summed E-state index contributed by atoms with van der Waals surface area (Å²) in [5.41, 5.74) is 5.44. The molecule has 2 aromatic heterocycles. The lowest BCUT2D eigenvalue weighted by molar-refractivity contribution is -0.384. The van der Waals surface area contributed by atoms with Crippen molar-refractivity contribution in [2.24, 2.45) is 11.3 Å². The number of aromatic nitrogens is 2. The fourth-order valence-electron chi connectivity index (χ4n) is 9.01. The Morgan fingerprint density at radius 3 is 2.61 bits per heavy atom. The molecular weight excluding hydrogens is 854 g/mol. The number of allylic oxidation sites excluding steroid dienone is 1. The SMILES string of the molecule is CC1(C)CCC(CN2CCN(c3ccc(C(=O)NS(=O)(=O)c4ccc(NCC5CCCN(CC#N)C5)c([N+](=O)[O-])c4)c(Oc4cnc5[nH]ccc5c4)c3)CC2)=C(c2ccc(Cl)cc2)C1. The van der Waals surface area contributed by atoms with Crippen LogP contribution in [0.2, 0.25) is 5.02 Å². The maximum absolute atomic E-state index is 14.0. The zero-order valence-electron chi connectivity index (χ0n) is 36.0. The van der Waals surface area contributed by atoms with E-state index >= 15 is 0 Å². The second-order valence-electron chi connectivity index (χ2n) is 17.7. The van der Waals surface area contributed by atoms with Crippen molar-refractivity contribution in [3.05, 3.63) is 117 Å². The number of halogens is 1. The summed E-state index contributed by atoms with van der Waals surface area (Å²) >= 11 is 6.24. The summed E-state index contributed by atoms with van der Waals surface area (Å²) in [6.45, 7) is 10.8. The average molecular weight is 907 g/mol. The van der Waals surface area contributed by atoms with E-state index in [9.17, 15) is 23.3 Å². The number of benzene rings is 3. The molecule has 1 unspecified atom stereocenters. The maximum Gasteiger partial charge on any atom is 0.293 e. The Morgan fingerprint density at radius 2 is 1.84 bits per heavy atom. The first-order chi connectivity index (χ1) is 30.7. The van der Waals surface area contributed by atoms with Crippen LogP contribution in [0.3, 0.4) is 0 Å². The number of amides is 1. The standard InChI is InChI=1S/C47H52ClN9O6S/c1-47(2)15-13-35(41(27-47)33-5-7-36(48)8-6-33)31-55-20-22-56(23-21-55)37-9-11-40(44(25-37)63-38-24-34-14-17-50-45(34)52-29-38)46(58)53-64(61,62)39-10-12-42(43(26-39)57(59)60)51-28-32-4-3-18-54(30-32)19-16-49/h5-12,14,17,24-26,29,32,51H,3-4,13,15,18-23,27-28,30-31H2,1-2H3,(H,50,52)(H,53,58). The van der Waals surface area contributed by atoms with Gasteiger partial charge in [0.25, 0.3) is 21.6 Å². The van der Waals surface area contributed by atoms with E-state index in [-0.39, 0.29) is 28.3 Å². The Balaban J connectivity index is 0.991. The Hall–Kier alpha value is -5.99. The molecule has 4 heterocycles. The number of carbonyl (C=O) groups excluding carboxylic acids is 1. The number of piperazine rings is 1. The van der Waals surface area contributed by atoms with Crippen LogP contribution in [-0.2, 0) is 10.0 Å². The first kappa shape index (κ1) is 44.6. The molecule has 3 aromatic carbocycles. The number of aromatic amines is 1. The number of likely N-dealkylation sites (tertiary alicyclic amines) is 1. The fraction of sp³-hybridized carbons (Fsp3) is 0.383. The molecule has 2 aliphatic heterocycles. The van der Waals surface area contributed by atoms with Crippen LogP contribution >= 0.6 is 11.6 Å². The van der Waals surface area contributed by atoms with E-state index in [2.05, 4.69) is 61.9 Å². The summed E-state index contributed by atoms with van der Waals surface area (Å²) in [5, 5.41) is 25.9. The molecule has 5 aromatic rings. The highest BCUT2D eigenvalue weighted by molar-refractivity contribution is 7.90. The van der Waals surface area contributed by atoms with Crippen molar-refractivity contribution < 1.29 is 22.9 Å². The predicted molar refractivity (Wildman–Crippen MR) is 248 cm³/mol. The van der Waals surface area contributed by atoms with E-state index in [4.69, 9.17) is 21.6 Å². The molecule has 3 aliphatic rings. The minimum Gasteiger partial charge on any atom is -0.455 e. The third-order valence-corrected chi connectivity index (χ3v) is 14.1. The zero-order chi connectivity index (χ0) is 45.0.